The molecule has 1 aromatic rings. The molecule has 0 fully saturated rings. The van der Waals surface area contributed by atoms with Crippen LogP contribution in [-0.4, -0.2) is 28.3 Å². The van der Waals surface area contributed by atoms with Crippen LogP contribution in [0.15, 0.2) is 18.2 Å². The Bertz CT molecular complexity index is 509. The van der Waals surface area contributed by atoms with Crippen LogP contribution in [0.2, 0.25) is 0 Å². The number of fused-ring (bicyclic) bond motifs is 1. The summed E-state index contributed by atoms with van der Waals surface area (Å²) in [6.07, 6.45) is 1.40. The molecule has 0 aromatic heterocycles. The molecule has 2 rings (SSSR count). The van der Waals surface area contributed by atoms with Gasteiger partial charge in [-0.25, -0.2) is 4.79 Å². The molecule has 1 heterocycles. The highest BCUT2D eigenvalue weighted by atomic mass is 16.5. The quantitative estimate of drug-likeness (QED) is 0.851. The van der Waals surface area contributed by atoms with Crippen molar-refractivity contribution >= 4 is 11.9 Å². The normalized spacial score (nSPS) is 18.5. The lowest BCUT2D eigenvalue weighted by Gasteiger charge is -2.15. The zero-order valence-corrected chi connectivity index (χ0v) is 10.6. The van der Waals surface area contributed by atoms with Gasteiger partial charge in [-0.2, -0.15) is 0 Å². The average Bonchev–Trinajstić information content (AvgIpc) is 2.76. The zero-order valence-electron chi connectivity index (χ0n) is 10.6. The van der Waals surface area contributed by atoms with Crippen LogP contribution in [0.1, 0.15) is 35.7 Å². The molecular weight excluding hydrogens is 248 g/mol. The minimum atomic E-state index is -0.969. The van der Waals surface area contributed by atoms with Gasteiger partial charge in [0.05, 0.1) is 11.5 Å². The Labute approximate surface area is 110 Å². The van der Waals surface area contributed by atoms with Gasteiger partial charge in [-0.1, -0.05) is 6.92 Å². The Kier molecular flexibility index (Phi) is 3.74. The van der Waals surface area contributed by atoms with E-state index in [4.69, 9.17) is 14.9 Å². The summed E-state index contributed by atoms with van der Waals surface area (Å²) in [4.78, 5) is 21.9. The Morgan fingerprint density at radius 2 is 2.16 bits per heavy atom. The maximum atomic E-state index is 11.0. The van der Waals surface area contributed by atoms with Crippen molar-refractivity contribution < 1.29 is 24.5 Å². The van der Waals surface area contributed by atoms with E-state index >= 15 is 0 Å². The number of carboxylic acid groups (broad SMARTS) is 2. The van der Waals surface area contributed by atoms with Crippen LogP contribution in [0.5, 0.6) is 5.75 Å². The summed E-state index contributed by atoms with van der Waals surface area (Å²) < 4.78 is 5.67. The summed E-state index contributed by atoms with van der Waals surface area (Å²) >= 11 is 0. The highest BCUT2D eigenvalue weighted by Gasteiger charge is 2.28. The molecule has 1 aliphatic rings. The van der Waals surface area contributed by atoms with Crippen molar-refractivity contribution in [2.45, 2.75) is 32.3 Å². The molecule has 0 aliphatic carbocycles. The second-order valence-electron chi connectivity index (χ2n) is 4.75. The first-order valence-electron chi connectivity index (χ1n) is 6.27. The van der Waals surface area contributed by atoms with Crippen molar-refractivity contribution in [2.75, 3.05) is 0 Å². The standard InChI is InChI=1S/C14H16O5/c1-2-8(13(15)16)6-11-7-10-5-9(14(17)18)3-4-12(10)19-11/h3-5,8,11H,2,6-7H2,1H3,(H,15,16)(H,17,18). The fourth-order valence-corrected chi connectivity index (χ4v) is 2.34. The second-order valence-corrected chi connectivity index (χ2v) is 4.75. The highest BCUT2D eigenvalue weighted by molar-refractivity contribution is 5.88. The number of rotatable bonds is 5. The van der Waals surface area contributed by atoms with Gasteiger partial charge in [-0.15, -0.1) is 0 Å². The molecule has 2 atom stereocenters. The van der Waals surface area contributed by atoms with Crippen molar-refractivity contribution in [3.63, 3.8) is 0 Å². The van der Waals surface area contributed by atoms with Crippen LogP contribution < -0.4 is 4.74 Å². The molecule has 2 unspecified atom stereocenters. The largest absolute Gasteiger partial charge is 0.490 e. The molecule has 5 heteroatoms. The van der Waals surface area contributed by atoms with Crippen molar-refractivity contribution in [3.05, 3.63) is 29.3 Å². The summed E-state index contributed by atoms with van der Waals surface area (Å²) in [6.45, 7) is 1.84. The van der Waals surface area contributed by atoms with Crippen molar-refractivity contribution in [2.24, 2.45) is 5.92 Å². The molecule has 0 bridgehead atoms. The van der Waals surface area contributed by atoms with Gasteiger partial charge in [0.2, 0.25) is 0 Å². The van der Waals surface area contributed by atoms with Gasteiger partial charge in [0.1, 0.15) is 11.9 Å². The van der Waals surface area contributed by atoms with E-state index in [0.29, 0.717) is 25.0 Å². The van der Waals surface area contributed by atoms with Crippen molar-refractivity contribution in [1.82, 2.24) is 0 Å². The van der Waals surface area contributed by atoms with Gasteiger partial charge in [-0.3, -0.25) is 4.79 Å². The van der Waals surface area contributed by atoms with Crippen molar-refractivity contribution in [1.29, 1.82) is 0 Å². The first-order valence-corrected chi connectivity index (χ1v) is 6.27. The number of benzene rings is 1. The fourth-order valence-electron chi connectivity index (χ4n) is 2.34. The van der Waals surface area contributed by atoms with Crippen molar-refractivity contribution in [3.8, 4) is 5.75 Å². The maximum Gasteiger partial charge on any atom is 0.335 e. The molecule has 2 N–H and O–H groups in total. The van der Waals surface area contributed by atoms with Crippen LogP contribution in [0.4, 0.5) is 0 Å². The van der Waals surface area contributed by atoms with E-state index in [2.05, 4.69) is 0 Å². The Morgan fingerprint density at radius 3 is 2.74 bits per heavy atom. The van der Waals surface area contributed by atoms with E-state index < -0.39 is 17.9 Å². The topological polar surface area (TPSA) is 83.8 Å². The highest BCUT2D eigenvalue weighted by Crippen LogP contribution is 2.32. The van der Waals surface area contributed by atoms with Crippen LogP contribution in [0, 0.1) is 5.92 Å². The number of ether oxygens (including phenoxy) is 1. The minimum absolute atomic E-state index is 0.180. The SMILES string of the molecule is CCC(CC1Cc2cc(C(=O)O)ccc2O1)C(=O)O. The zero-order chi connectivity index (χ0) is 14.0. The average molecular weight is 264 g/mol. The lowest BCUT2D eigenvalue weighted by atomic mass is 9.96. The Hall–Kier alpha value is -2.04. The third kappa shape index (κ3) is 2.86. The number of hydrogen-bond acceptors (Lipinski definition) is 3. The van der Waals surface area contributed by atoms with Gasteiger partial charge >= 0.3 is 11.9 Å². The van der Waals surface area contributed by atoms with E-state index in [1.807, 2.05) is 6.92 Å². The van der Waals surface area contributed by atoms with Crippen LogP contribution >= 0.6 is 0 Å². The minimum Gasteiger partial charge on any atom is -0.490 e. The number of hydrogen-bond donors (Lipinski definition) is 2. The molecule has 0 saturated carbocycles. The van der Waals surface area contributed by atoms with Gasteiger partial charge in [0.15, 0.2) is 0 Å². The van der Waals surface area contributed by atoms with E-state index in [-0.39, 0.29) is 11.7 Å². The van der Waals surface area contributed by atoms with Crippen LogP contribution in [0.25, 0.3) is 0 Å². The molecule has 5 nitrogen and oxygen atoms in total. The fraction of sp³-hybridized carbons (Fsp3) is 0.429. The molecule has 19 heavy (non-hydrogen) atoms. The van der Waals surface area contributed by atoms with Gasteiger partial charge in [0, 0.05) is 6.42 Å². The third-order valence-electron chi connectivity index (χ3n) is 3.44. The molecule has 0 amide bonds. The summed E-state index contributed by atoms with van der Waals surface area (Å²) in [6, 6.07) is 4.73. The van der Waals surface area contributed by atoms with E-state index in [1.54, 1.807) is 12.1 Å². The monoisotopic (exact) mass is 264 g/mol. The second kappa shape index (κ2) is 5.30. The summed E-state index contributed by atoms with van der Waals surface area (Å²) in [5.41, 5.74) is 1.07. The van der Waals surface area contributed by atoms with Gasteiger partial charge in [0.25, 0.3) is 0 Å². The van der Waals surface area contributed by atoms with E-state index in [9.17, 15) is 9.59 Å². The predicted molar refractivity (Wildman–Crippen MR) is 67.6 cm³/mol. The number of aliphatic carboxylic acids is 1. The lowest BCUT2D eigenvalue weighted by molar-refractivity contribution is -0.142. The number of aromatic carboxylic acids is 1. The van der Waals surface area contributed by atoms with Crippen LogP contribution in [-0.2, 0) is 11.2 Å². The molecule has 0 radical (unpaired) electrons. The third-order valence-corrected chi connectivity index (χ3v) is 3.44. The molecule has 1 aromatic carbocycles. The van der Waals surface area contributed by atoms with Gasteiger partial charge in [-0.05, 0) is 36.6 Å². The summed E-state index contributed by atoms with van der Waals surface area (Å²) in [5, 5.41) is 18.0. The summed E-state index contributed by atoms with van der Waals surface area (Å²) in [7, 11) is 0. The summed E-state index contributed by atoms with van der Waals surface area (Å²) in [5.74, 6) is -1.54. The maximum absolute atomic E-state index is 11.0. The van der Waals surface area contributed by atoms with Crippen LogP contribution in [0.3, 0.4) is 0 Å². The Balaban J connectivity index is 2.08. The molecule has 1 aliphatic heterocycles. The van der Waals surface area contributed by atoms with Gasteiger partial charge < -0.3 is 14.9 Å². The van der Waals surface area contributed by atoms with E-state index in [0.717, 1.165) is 5.56 Å². The first-order chi connectivity index (χ1) is 9.01. The Morgan fingerprint density at radius 1 is 1.42 bits per heavy atom. The number of carboxylic acids is 2. The smallest absolute Gasteiger partial charge is 0.335 e. The molecular formula is C14H16O5. The van der Waals surface area contributed by atoms with E-state index in [1.165, 1.54) is 6.07 Å². The first kappa shape index (κ1) is 13.4. The molecule has 102 valence electrons. The predicted octanol–water partition coefficient (Wildman–Crippen LogP) is 2.19. The number of carbonyl (C=O) groups is 2. The molecule has 0 saturated heterocycles. The lowest BCUT2D eigenvalue weighted by Crippen LogP contribution is -2.23. The molecule has 0 spiro atoms.